The second-order valence-corrected chi connectivity index (χ2v) is 18.1. The van der Waals surface area contributed by atoms with Crippen LogP contribution in [0.25, 0.3) is 66.0 Å². The van der Waals surface area contributed by atoms with E-state index in [9.17, 15) is 0 Å². The summed E-state index contributed by atoms with van der Waals surface area (Å²) in [7, 11) is -1.37. The molecule has 206 valence electrons. The molecule has 0 amide bonds. The van der Waals surface area contributed by atoms with Crippen LogP contribution in [-0.2, 0) is 0 Å². The van der Waals surface area contributed by atoms with Crippen molar-refractivity contribution in [3.8, 4) is 66.0 Å². The molecule has 0 bridgehead atoms. The summed E-state index contributed by atoms with van der Waals surface area (Å²) in [5.74, 6) is 0.972. The van der Waals surface area contributed by atoms with Gasteiger partial charge in [-0.1, -0.05) is 37.8 Å². The largest absolute Gasteiger partial charge is 0.244 e. The zero-order valence-electron chi connectivity index (χ0n) is 22.8. The van der Waals surface area contributed by atoms with Gasteiger partial charge in [-0.3, -0.25) is 0 Å². The van der Waals surface area contributed by atoms with Gasteiger partial charge in [0.25, 0.3) is 0 Å². The topological polar surface area (TPSA) is 148 Å². The van der Waals surface area contributed by atoms with Gasteiger partial charge in [0, 0.05) is 14.6 Å². The third-order valence-electron chi connectivity index (χ3n) is 6.50. The van der Waals surface area contributed by atoms with E-state index in [2.05, 4.69) is 97.3 Å². The Kier molecular flexibility index (Phi) is 6.57. The highest BCUT2D eigenvalue weighted by Gasteiger charge is 2.20. The van der Waals surface area contributed by atoms with Gasteiger partial charge in [-0.15, -0.1) is 32.9 Å². The molecule has 7 aromatic heterocycles. The van der Waals surface area contributed by atoms with E-state index in [1.807, 2.05) is 47.7 Å². The average molecular weight is 606 g/mol. The van der Waals surface area contributed by atoms with E-state index in [0.717, 1.165) is 10.4 Å². The number of rotatable bonds is 7. The molecule has 0 aromatic carbocycles. The maximum Gasteiger partial charge on any atom is 0.198 e. The van der Waals surface area contributed by atoms with E-state index in [4.69, 9.17) is 15.0 Å². The van der Waals surface area contributed by atoms with Crippen LogP contribution < -0.4 is 4.50 Å². The molecule has 11 nitrogen and oxygen atoms in total. The minimum atomic E-state index is -1.37. The molecule has 0 spiro atoms. The fraction of sp³-hybridized carbons (Fsp3) is 0.107. The molecule has 0 aliphatic heterocycles. The summed E-state index contributed by atoms with van der Waals surface area (Å²) in [6.45, 7) is 7.14. The first kappa shape index (κ1) is 26.1. The van der Waals surface area contributed by atoms with Gasteiger partial charge in [0.05, 0.1) is 30.8 Å². The van der Waals surface area contributed by atoms with Gasteiger partial charge < -0.3 is 0 Å². The Morgan fingerprint density at radius 3 is 1.57 bits per heavy atom. The highest BCUT2D eigenvalue weighted by Crippen LogP contribution is 2.38. The van der Waals surface area contributed by atoms with E-state index in [1.165, 1.54) is 14.3 Å². The van der Waals surface area contributed by atoms with Crippen LogP contribution in [0.1, 0.15) is 0 Å². The second kappa shape index (κ2) is 10.6. The first-order valence-corrected chi connectivity index (χ1v) is 18.2. The first-order valence-electron chi connectivity index (χ1n) is 13.1. The Balaban J connectivity index is 1.34. The van der Waals surface area contributed by atoms with Crippen LogP contribution >= 0.6 is 22.7 Å². The zero-order valence-corrected chi connectivity index (χ0v) is 25.4. The van der Waals surface area contributed by atoms with Crippen molar-refractivity contribution >= 4 is 35.2 Å². The SMILES string of the molecule is C[Si](C)(C)c1ccc(-c2ccc(-c3cc(-c4cccc(-c5nnn[nH]5)n4)nc(-c4cccc(-c5nnn[nH]5)n4)c3)s2)s1. The van der Waals surface area contributed by atoms with Crippen LogP contribution in [0.15, 0.2) is 72.8 Å². The summed E-state index contributed by atoms with van der Waals surface area (Å²) >= 11 is 3.67. The minimum absolute atomic E-state index is 0.486. The standard InChI is InChI=1S/C28H23N11S2Si/c1-42(2,3)26-13-12-25(41-26)24-11-10-23(40-24)16-14-21(17-6-4-8-19(29-17)27-32-36-37-33-27)31-22(15-16)18-7-5-9-20(30-18)28-34-38-39-35-28/h4-15H,1-3H3,(H,32,33,36,37)(H,34,35,38,39). The molecular weight excluding hydrogens is 583 g/mol. The molecule has 0 atom stereocenters. The van der Waals surface area contributed by atoms with Crippen molar-refractivity contribution in [3.63, 3.8) is 0 Å². The molecule has 0 saturated heterocycles. The summed E-state index contributed by atoms with van der Waals surface area (Å²) < 4.78 is 1.50. The summed E-state index contributed by atoms with van der Waals surface area (Å²) in [6.07, 6.45) is 0. The van der Waals surface area contributed by atoms with Crippen molar-refractivity contribution in [1.82, 2.24) is 56.2 Å². The molecule has 42 heavy (non-hydrogen) atoms. The van der Waals surface area contributed by atoms with Gasteiger partial charge in [0.15, 0.2) is 11.6 Å². The van der Waals surface area contributed by atoms with Crippen LogP contribution in [0.5, 0.6) is 0 Å². The number of tetrazole rings is 2. The Morgan fingerprint density at radius 1 is 0.548 bits per heavy atom. The highest BCUT2D eigenvalue weighted by atomic mass is 32.1. The van der Waals surface area contributed by atoms with E-state index in [0.29, 0.717) is 45.8 Å². The summed E-state index contributed by atoms with van der Waals surface area (Å²) in [6, 6.07) is 24.4. The van der Waals surface area contributed by atoms with Gasteiger partial charge in [0.2, 0.25) is 0 Å². The van der Waals surface area contributed by atoms with E-state index in [-0.39, 0.29) is 0 Å². The Labute approximate surface area is 249 Å². The predicted octanol–water partition coefficient (Wildman–Crippen LogP) is 5.57. The van der Waals surface area contributed by atoms with Crippen LogP contribution in [-0.4, -0.2) is 64.3 Å². The number of pyridine rings is 3. The minimum Gasteiger partial charge on any atom is -0.244 e. The Bertz CT molecular complexity index is 1890. The average Bonchev–Trinajstić information content (AvgIpc) is 3.83. The Morgan fingerprint density at radius 2 is 1.05 bits per heavy atom. The highest BCUT2D eigenvalue weighted by molar-refractivity contribution is 7.31. The normalized spacial score (nSPS) is 11.7. The fourth-order valence-corrected chi connectivity index (χ4v) is 8.37. The molecule has 0 aliphatic carbocycles. The third kappa shape index (κ3) is 5.18. The maximum absolute atomic E-state index is 5.00. The lowest BCUT2D eigenvalue weighted by molar-refractivity contribution is 0.881. The van der Waals surface area contributed by atoms with Crippen molar-refractivity contribution in [2.75, 3.05) is 0 Å². The van der Waals surface area contributed by atoms with Gasteiger partial charge in [-0.2, -0.15) is 0 Å². The number of hydrogen-bond acceptors (Lipinski definition) is 11. The smallest absolute Gasteiger partial charge is 0.198 e. The molecule has 2 N–H and O–H groups in total. The van der Waals surface area contributed by atoms with E-state index in [1.54, 1.807) is 11.3 Å². The second-order valence-electron chi connectivity index (χ2n) is 10.5. The molecule has 0 fully saturated rings. The fourth-order valence-electron chi connectivity index (χ4n) is 4.39. The van der Waals surface area contributed by atoms with Gasteiger partial charge in [0.1, 0.15) is 11.4 Å². The third-order valence-corrected chi connectivity index (χ3v) is 12.5. The lowest BCUT2D eigenvalue weighted by Gasteiger charge is -2.12. The molecule has 7 heterocycles. The van der Waals surface area contributed by atoms with Crippen molar-refractivity contribution < 1.29 is 0 Å². The predicted molar refractivity (Wildman–Crippen MR) is 167 cm³/mol. The number of nitrogens with zero attached hydrogens (tertiary/aromatic N) is 9. The van der Waals surface area contributed by atoms with Gasteiger partial charge in [-0.25, -0.2) is 25.1 Å². The van der Waals surface area contributed by atoms with Crippen molar-refractivity contribution in [1.29, 1.82) is 0 Å². The van der Waals surface area contributed by atoms with Crippen molar-refractivity contribution in [3.05, 3.63) is 72.8 Å². The summed E-state index contributed by atoms with van der Waals surface area (Å²) in [4.78, 5) is 18.3. The van der Waals surface area contributed by atoms with Gasteiger partial charge >= 0.3 is 0 Å². The van der Waals surface area contributed by atoms with Crippen LogP contribution in [0.3, 0.4) is 0 Å². The molecule has 0 unspecified atom stereocenters. The van der Waals surface area contributed by atoms with Crippen molar-refractivity contribution in [2.24, 2.45) is 0 Å². The molecular formula is C28H23N11S2Si. The molecule has 0 aliphatic rings. The molecule has 0 radical (unpaired) electrons. The number of aromatic amines is 2. The number of aromatic nitrogens is 11. The van der Waals surface area contributed by atoms with E-state index >= 15 is 0 Å². The maximum atomic E-state index is 5.00. The lowest BCUT2D eigenvalue weighted by Crippen LogP contribution is -2.34. The van der Waals surface area contributed by atoms with Crippen LogP contribution in [0, 0.1) is 0 Å². The number of thiophene rings is 2. The lowest BCUT2D eigenvalue weighted by atomic mass is 10.1. The van der Waals surface area contributed by atoms with Crippen LogP contribution in [0.2, 0.25) is 19.6 Å². The van der Waals surface area contributed by atoms with Gasteiger partial charge in [-0.05, 0) is 85.5 Å². The van der Waals surface area contributed by atoms with E-state index < -0.39 is 8.07 Å². The quantitative estimate of drug-likeness (QED) is 0.223. The zero-order chi connectivity index (χ0) is 28.7. The summed E-state index contributed by atoms with van der Waals surface area (Å²) in [5.41, 5.74) is 5.07. The number of H-pyrrole nitrogens is 2. The summed E-state index contributed by atoms with van der Waals surface area (Å²) in [5, 5.41) is 28.3. The van der Waals surface area contributed by atoms with Crippen LogP contribution in [0.4, 0.5) is 0 Å². The van der Waals surface area contributed by atoms with Crippen molar-refractivity contribution in [2.45, 2.75) is 19.6 Å². The molecule has 0 saturated carbocycles. The molecule has 14 heteroatoms. The Hall–Kier alpha value is -4.79. The first-order chi connectivity index (χ1) is 20.4. The number of nitrogens with one attached hydrogen (secondary N) is 2. The number of hydrogen-bond donors (Lipinski definition) is 2. The molecule has 7 aromatic rings. The monoisotopic (exact) mass is 605 g/mol. The molecule has 7 rings (SSSR count).